The van der Waals surface area contributed by atoms with E-state index in [1.165, 1.54) is 0 Å². The first-order valence-electron chi connectivity index (χ1n) is 6.39. The summed E-state index contributed by atoms with van der Waals surface area (Å²) in [5, 5.41) is 11.5. The zero-order valence-corrected chi connectivity index (χ0v) is 12.4. The van der Waals surface area contributed by atoms with Gasteiger partial charge >= 0.3 is 0 Å². The Morgan fingerprint density at radius 2 is 2.00 bits per heavy atom. The number of aliphatic hydroxyl groups is 1. The molecule has 6 heteroatoms. The molecule has 0 fully saturated rings. The summed E-state index contributed by atoms with van der Waals surface area (Å²) in [6, 6.07) is 6.63. The third-order valence-electron chi connectivity index (χ3n) is 2.84. The molecule has 1 aromatic rings. The molecule has 0 saturated carbocycles. The van der Waals surface area contributed by atoms with E-state index in [4.69, 9.17) is 16.7 Å². The monoisotopic (exact) mass is 298 g/mol. The van der Waals surface area contributed by atoms with Gasteiger partial charge in [0.15, 0.2) is 0 Å². The lowest BCUT2D eigenvalue weighted by molar-refractivity contribution is -0.121. The molecule has 0 bridgehead atoms. The zero-order valence-electron chi connectivity index (χ0n) is 11.6. The fourth-order valence-corrected chi connectivity index (χ4v) is 1.93. The number of amides is 2. The van der Waals surface area contributed by atoms with E-state index in [-0.39, 0.29) is 24.8 Å². The first kappa shape index (κ1) is 16.6. The Balaban J connectivity index is 2.62. The largest absolute Gasteiger partial charge is 0.395 e. The Labute approximate surface area is 123 Å². The highest BCUT2D eigenvalue weighted by molar-refractivity contribution is 6.34. The van der Waals surface area contributed by atoms with Gasteiger partial charge in [0, 0.05) is 12.6 Å². The van der Waals surface area contributed by atoms with Crippen molar-refractivity contribution in [2.24, 2.45) is 0 Å². The molecule has 0 radical (unpaired) electrons. The summed E-state index contributed by atoms with van der Waals surface area (Å²) >= 11 is 5.89. The molecule has 2 amide bonds. The Kier molecular flexibility index (Phi) is 6.64. The molecule has 2 N–H and O–H groups in total. The van der Waals surface area contributed by atoms with Gasteiger partial charge in [0.1, 0.15) is 0 Å². The maximum atomic E-state index is 11.9. The minimum Gasteiger partial charge on any atom is -0.395 e. The smallest absolute Gasteiger partial charge is 0.259 e. The predicted molar refractivity (Wildman–Crippen MR) is 77.7 cm³/mol. The summed E-state index contributed by atoms with van der Waals surface area (Å²) in [6.45, 7) is 4.22. The highest BCUT2D eigenvalue weighted by atomic mass is 35.5. The number of imide groups is 1. The fourth-order valence-electron chi connectivity index (χ4n) is 1.71. The van der Waals surface area contributed by atoms with Crippen LogP contribution < -0.4 is 5.32 Å². The molecule has 0 heterocycles. The third kappa shape index (κ3) is 4.92. The van der Waals surface area contributed by atoms with E-state index < -0.39 is 11.8 Å². The minimum atomic E-state index is -0.520. The molecule has 110 valence electrons. The summed E-state index contributed by atoms with van der Waals surface area (Å²) in [6.07, 6.45) is 0. The number of carbonyl (C=O) groups excluding carboxylic acids is 2. The maximum Gasteiger partial charge on any atom is 0.259 e. The zero-order chi connectivity index (χ0) is 15.1. The Morgan fingerprint density at radius 1 is 1.35 bits per heavy atom. The average molecular weight is 299 g/mol. The molecule has 0 spiro atoms. The molecule has 5 nitrogen and oxygen atoms in total. The Bertz CT molecular complexity index is 477. The van der Waals surface area contributed by atoms with E-state index >= 15 is 0 Å². The van der Waals surface area contributed by atoms with Gasteiger partial charge in [-0.15, -0.1) is 0 Å². The lowest BCUT2D eigenvalue weighted by atomic mass is 10.2. The first-order chi connectivity index (χ1) is 9.45. The van der Waals surface area contributed by atoms with Crippen molar-refractivity contribution in [2.75, 3.05) is 19.7 Å². The van der Waals surface area contributed by atoms with Gasteiger partial charge < -0.3 is 5.11 Å². The Morgan fingerprint density at radius 3 is 2.55 bits per heavy atom. The lowest BCUT2D eigenvalue weighted by Crippen LogP contribution is -2.43. The summed E-state index contributed by atoms with van der Waals surface area (Å²) in [4.78, 5) is 25.5. The van der Waals surface area contributed by atoms with Crippen molar-refractivity contribution in [1.82, 2.24) is 10.2 Å². The summed E-state index contributed by atoms with van der Waals surface area (Å²) < 4.78 is 0. The number of rotatable bonds is 6. The molecule has 0 aliphatic carbocycles. The van der Waals surface area contributed by atoms with Crippen LogP contribution in [0.2, 0.25) is 5.02 Å². The standard InChI is InChI=1S/C14H19ClN2O3/c1-10(2)17(7-8-18)9-13(19)16-14(20)11-5-3-4-6-12(11)15/h3-6,10,18H,7-9H2,1-2H3,(H,16,19,20). The molecular formula is C14H19ClN2O3. The van der Waals surface area contributed by atoms with Gasteiger partial charge in [0.25, 0.3) is 5.91 Å². The van der Waals surface area contributed by atoms with E-state index in [2.05, 4.69) is 5.32 Å². The van der Waals surface area contributed by atoms with Crippen molar-refractivity contribution in [2.45, 2.75) is 19.9 Å². The second-order valence-electron chi connectivity index (χ2n) is 4.64. The van der Waals surface area contributed by atoms with Gasteiger partial charge in [0.05, 0.1) is 23.7 Å². The van der Waals surface area contributed by atoms with E-state index in [0.717, 1.165) is 0 Å². The van der Waals surface area contributed by atoms with Crippen LogP contribution in [0, 0.1) is 0 Å². The maximum absolute atomic E-state index is 11.9. The number of benzene rings is 1. The average Bonchev–Trinajstić information content (AvgIpc) is 2.38. The van der Waals surface area contributed by atoms with Gasteiger partial charge in [-0.2, -0.15) is 0 Å². The van der Waals surface area contributed by atoms with Crippen molar-refractivity contribution in [1.29, 1.82) is 0 Å². The highest BCUT2D eigenvalue weighted by Crippen LogP contribution is 2.14. The normalized spacial score (nSPS) is 10.9. The van der Waals surface area contributed by atoms with Crippen LogP contribution in [0.15, 0.2) is 24.3 Å². The van der Waals surface area contributed by atoms with Gasteiger partial charge in [0.2, 0.25) is 5.91 Å². The fraction of sp³-hybridized carbons (Fsp3) is 0.429. The van der Waals surface area contributed by atoms with E-state index in [1.54, 1.807) is 29.2 Å². The number of aliphatic hydroxyl groups excluding tert-OH is 1. The quantitative estimate of drug-likeness (QED) is 0.830. The number of carbonyl (C=O) groups is 2. The summed E-state index contributed by atoms with van der Waals surface area (Å²) in [7, 11) is 0. The lowest BCUT2D eigenvalue weighted by Gasteiger charge is -2.24. The van der Waals surface area contributed by atoms with Crippen LogP contribution in [0.1, 0.15) is 24.2 Å². The van der Waals surface area contributed by atoms with Crippen molar-refractivity contribution in [3.8, 4) is 0 Å². The van der Waals surface area contributed by atoms with Crippen LogP contribution >= 0.6 is 11.6 Å². The number of nitrogens with one attached hydrogen (secondary N) is 1. The van der Waals surface area contributed by atoms with E-state index in [0.29, 0.717) is 11.6 Å². The molecule has 0 aliphatic heterocycles. The molecule has 20 heavy (non-hydrogen) atoms. The van der Waals surface area contributed by atoms with Crippen molar-refractivity contribution < 1.29 is 14.7 Å². The SMILES string of the molecule is CC(C)N(CCO)CC(=O)NC(=O)c1ccccc1Cl. The number of hydrogen-bond donors (Lipinski definition) is 2. The van der Waals surface area contributed by atoms with Crippen molar-refractivity contribution in [3.63, 3.8) is 0 Å². The van der Waals surface area contributed by atoms with Crippen LogP contribution in [-0.4, -0.2) is 47.6 Å². The molecule has 0 saturated heterocycles. The highest BCUT2D eigenvalue weighted by Gasteiger charge is 2.17. The third-order valence-corrected chi connectivity index (χ3v) is 3.17. The first-order valence-corrected chi connectivity index (χ1v) is 6.77. The molecule has 1 aromatic carbocycles. The predicted octanol–water partition coefficient (Wildman–Crippen LogP) is 1.30. The number of hydrogen-bond acceptors (Lipinski definition) is 4. The second-order valence-corrected chi connectivity index (χ2v) is 5.05. The van der Waals surface area contributed by atoms with Gasteiger partial charge in [-0.25, -0.2) is 0 Å². The van der Waals surface area contributed by atoms with E-state index in [1.807, 2.05) is 13.8 Å². The Hall–Kier alpha value is -1.43. The van der Waals surface area contributed by atoms with Crippen LogP contribution in [0.4, 0.5) is 0 Å². The second kappa shape index (κ2) is 7.99. The van der Waals surface area contributed by atoms with E-state index in [9.17, 15) is 9.59 Å². The molecule has 0 atom stereocenters. The number of nitrogens with zero attached hydrogens (tertiary/aromatic N) is 1. The van der Waals surface area contributed by atoms with Gasteiger partial charge in [-0.3, -0.25) is 19.8 Å². The van der Waals surface area contributed by atoms with Crippen LogP contribution in [0.25, 0.3) is 0 Å². The molecule has 1 rings (SSSR count). The van der Waals surface area contributed by atoms with Crippen molar-refractivity contribution >= 4 is 23.4 Å². The summed E-state index contributed by atoms with van der Waals surface area (Å²) in [5.74, 6) is -0.939. The minimum absolute atomic E-state index is 0.0378. The number of halogens is 1. The summed E-state index contributed by atoms with van der Waals surface area (Å²) in [5.41, 5.74) is 0.265. The van der Waals surface area contributed by atoms with Crippen LogP contribution in [0.3, 0.4) is 0 Å². The van der Waals surface area contributed by atoms with Gasteiger partial charge in [-0.1, -0.05) is 23.7 Å². The molecule has 0 unspecified atom stereocenters. The van der Waals surface area contributed by atoms with Gasteiger partial charge in [-0.05, 0) is 26.0 Å². The molecule has 0 aromatic heterocycles. The van der Waals surface area contributed by atoms with Crippen molar-refractivity contribution in [3.05, 3.63) is 34.9 Å². The van der Waals surface area contributed by atoms with Crippen LogP contribution in [-0.2, 0) is 4.79 Å². The topological polar surface area (TPSA) is 69.6 Å². The molecule has 0 aliphatic rings. The van der Waals surface area contributed by atoms with Crippen LogP contribution in [0.5, 0.6) is 0 Å². The molecular weight excluding hydrogens is 280 g/mol.